The number of hydrogen-bond donors (Lipinski definition) is 0. The highest BCUT2D eigenvalue weighted by Gasteiger charge is 2.26. The highest BCUT2D eigenvalue weighted by molar-refractivity contribution is 6.01. The molecule has 1 heterocycles. The summed E-state index contributed by atoms with van der Waals surface area (Å²) in [6.45, 7) is 1.91. The monoisotopic (exact) mass is 198 g/mol. The van der Waals surface area contributed by atoms with E-state index in [4.69, 9.17) is 4.74 Å². The van der Waals surface area contributed by atoms with Crippen molar-refractivity contribution in [1.29, 1.82) is 0 Å². The molecule has 14 heavy (non-hydrogen) atoms. The molecular weight excluding hydrogens is 190 g/mol. The molecule has 1 atom stereocenters. The van der Waals surface area contributed by atoms with Crippen molar-refractivity contribution >= 4 is 5.78 Å². The summed E-state index contributed by atoms with van der Waals surface area (Å²) in [5.41, 5.74) is 0.127. The Hall–Kier alpha value is -1.45. The van der Waals surface area contributed by atoms with Crippen LogP contribution in [0.4, 0.5) is 8.78 Å². The fourth-order valence-corrected chi connectivity index (χ4v) is 1.40. The summed E-state index contributed by atoms with van der Waals surface area (Å²) >= 11 is 0. The van der Waals surface area contributed by atoms with Crippen LogP contribution >= 0.6 is 0 Å². The van der Waals surface area contributed by atoms with Crippen LogP contribution in [-0.2, 0) is 0 Å². The zero-order valence-electron chi connectivity index (χ0n) is 7.51. The second-order valence-electron chi connectivity index (χ2n) is 3.34. The Morgan fingerprint density at radius 2 is 2.00 bits per heavy atom. The fraction of sp³-hybridized carbons (Fsp3) is 0.300. The molecular formula is C10H8F2O2. The minimum Gasteiger partial charge on any atom is -0.492 e. The fourth-order valence-electron chi connectivity index (χ4n) is 1.40. The number of ketones is 1. The summed E-state index contributed by atoms with van der Waals surface area (Å²) in [5.74, 6) is -2.38. The quantitative estimate of drug-likeness (QED) is 0.638. The van der Waals surface area contributed by atoms with Crippen molar-refractivity contribution < 1.29 is 18.3 Å². The van der Waals surface area contributed by atoms with Crippen LogP contribution in [0.5, 0.6) is 5.75 Å². The lowest BCUT2D eigenvalue weighted by Crippen LogP contribution is -2.25. The third kappa shape index (κ3) is 1.27. The largest absolute Gasteiger partial charge is 0.492 e. The molecule has 0 radical (unpaired) electrons. The lowest BCUT2D eigenvalue weighted by Gasteiger charge is -2.21. The second-order valence-corrected chi connectivity index (χ2v) is 3.34. The van der Waals surface area contributed by atoms with E-state index in [1.54, 1.807) is 6.92 Å². The third-order valence-electron chi connectivity index (χ3n) is 2.22. The van der Waals surface area contributed by atoms with Gasteiger partial charge in [-0.3, -0.25) is 4.79 Å². The molecule has 0 saturated carbocycles. The molecule has 1 aromatic rings. The number of halogens is 2. The number of fused-ring (bicyclic) bond motifs is 1. The van der Waals surface area contributed by atoms with E-state index in [9.17, 15) is 13.6 Å². The molecule has 0 amide bonds. The van der Waals surface area contributed by atoms with Crippen molar-refractivity contribution in [2.45, 2.75) is 6.92 Å². The molecule has 0 N–H and O–H groups in total. The minimum atomic E-state index is -1.02. The Morgan fingerprint density at radius 1 is 1.36 bits per heavy atom. The summed E-state index contributed by atoms with van der Waals surface area (Å²) in [6.07, 6.45) is 0. The van der Waals surface area contributed by atoms with Crippen LogP contribution in [-0.4, -0.2) is 12.4 Å². The number of rotatable bonds is 0. The van der Waals surface area contributed by atoms with E-state index in [1.165, 1.54) is 0 Å². The van der Waals surface area contributed by atoms with Crippen LogP contribution in [0.3, 0.4) is 0 Å². The van der Waals surface area contributed by atoms with Gasteiger partial charge in [0.2, 0.25) is 0 Å². The van der Waals surface area contributed by atoms with Gasteiger partial charge < -0.3 is 4.74 Å². The molecule has 1 aromatic carbocycles. The van der Waals surface area contributed by atoms with Gasteiger partial charge >= 0.3 is 0 Å². The van der Waals surface area contributed by atoms with Crippen LogP contribution in [0.1, 0.15) is 17.3 Å². The first kappa shape index (κ1) is 9.12. The number of Topliss-reactive ketones (excluding diaryl/α,β-unsaturated/α-hetero) is 1. The van der Waals surface area contributed by atoms with Crippen LogP contribution in [0.2, 0.25) is 0 Å². The van der Waals surface area contributed by atoms with Crippen molar-refractivity contribution in [3.8, 4) is 5.75 Å². The lowest BCUT2D eigenvalue weighted by molar-refractivity contribution is 0.0847. The zero-order chi connectivity index (χ0) is 10.3. The number of hydrogen-bond acceptors (Lipinski definition) is 2. The first-order valence-corrected chi connectivity index (χ1v) is 4.25. The highest BCUT2D eigenvalue weighted by Crippen LogP contribution is 2.29. The normalized spacial score (nSPS) is 20.2. The zero-order valence-corrected chi connectivity index (χ0v) is 7.51. The molecule has 1 aliphatic heterocycles. The predicted molar refractivity (Wildman–Crippen MR) is 45.3 cm³/mol. The Kier molecular flexibility index (Phi) is 1.98. The van der Waals surface area contributed by atoms with E-state index in [-0.39, 0.29) is 29.6 Å². The van der Waals surface area contributed by atoms with Gasteiger partial charge in [0.1, 0.15) is 5.75 Å². The van der Waals surface area contributed by atoms with Gasteiger partial charge in [-0.05, 0) is 6.07 Å². The first-order chi connectivity index (χ1) is 6.59. The summed E-state index contributed by atoms with van der Waals surface area (Å²) in [6, 6.07) is 1.80. The maximum Gasteiger partial charge on any atom is 0.172 e. The van der Waals surface area contributed by atoms with E-state index in [1.807, 2.05) is 0 Å². The lowest BCUT2D eigenvalue weighted by atomic mass is 9.96. The number of carbonyl (C=O) groups excluding carboxylic acids is 1. The SMILES string of the molecule is CC1COc2cc(F)c(F)cc2C1=O. The highest BCUT2D eigenvalue weighted by atomic mass is 19.2. The smallest absolute Gasteiger partial charge is 0.172 e. The Morgan fingerprint density at radius 3 is 2.71 bits per heavy atom. The van der Waals surface area contributed by atoms with E-state index >= 15 is 0 Å². The van der Waals surface area contributed by atoms with Crippen molar-refractivity contribution in [2.24, 2.45) is 5.92 Å². The minimum absolute atomic E-state index is 0.127. The Labute approximate surface area is 79.5 Å². The number of carbonyl (C=O) groups is 1. The molecule has 0 aliphatic carbocycles. The standard InChI is InChI=1S/C10H8F2O2/c1-5-4-14-9-3-8(12)7(11)2-6(9)10(5)13/h2-3,5H,4H2,1H3. The Balaban J connectivity index is 2.56. The van der Waals surface area contributed by atoms with Gasteiger partial charge in [0.15, 0.2) is 17.4 Å². The molecule has 0 saturated heterocycles. The number of ether oxygens (including phenoxy) is 1. The van der Waals surface area contributed by atoms with Crippen molar-refractivity contribution in [3.05, 3.63) is 29.3 Å². The van der Waals surface area contributed by atoms with Gasteiger partial charge in [-0.1, -0.05) is 6.92 Å². The summed E-state index contributed by atoms with van der Waals surface area (Å²) < 4.78 is 30.7. The number of benzene rings is 1. The molecule has 0 aromatic heterocycles. The van der Waals surface area contributed by atoms with Gasteiger partial charge in [0.25, 0.3) is 0 Å². The Bertz CT molecular complexity index is 401. The van der Waals surface area contributed by atoms with Crippen LogP contribution in [0, 0.1) is 17.6 Å². The molecule has 1 aliphatic rings. The van der Waals surface area contributed by atoms with Crippen molar-refractivity contribution in [2.75, 3.05) is 6.61 Å². The van der Waals surface area contributed by atoms with Crippen LogP contribution in [0.25, 0.3) is 0 Å². The molecule has 0 spiro atoms. The van der Waals surface area contributed by atoms with E-state index in [0.717, 1.165) is 12.1 Å². The molecule has 74 valence electrons. The van der Waals surface area contributed by atoms with Gasteiger partial charge in [-0.25, -0.2) is 8.78 Å². The molecule has 2 nitrogen and oxygen atoms in total. The van der Waals surface area contributed by atoms with Crippen molar-refractivity contribution in [3.63, 3.8) is 0 Å². The van der Waals surface area contributed by atoms with E-state index in [0.29, 0.717) is 0 Å². The van der Waals surface area contributed by atoms with Gasteiger partial charge in [-0.15, -0.1) is 0 Å². The molecule has 0 fully saturated rings. The summed E-state index contributed by atoms with van der Waals surface area (Å²) in [7, 11) is 0. The van der Waals surface area contributed by atoms with E-state index < -0.39 is 11.6 Å². The van der Waals surface area contributed by atoms with E-state index in [2.05, 4.69) is 0 Å². The molecule has 4 heteroatoms. The molecule has 2 rings (SSSR count). The maximum atomic E-state index is 12.8. The third-order valence-corrected chi connectivity index (χ3v) is 2.22. The van der Waals surface area contributed by atoms with Crippen molar-refractivity contribution in [1.82, 2.24) is 0 Å². The maximum absolute atomic E-state index is 12.8. The van der Waals surface area contributed by atoms with Gasteiger partial charge in [0, 0.05) is 6.07 Å². The molecule has 1 unspecified atom stereocenters. The van der Waals surface area contributed by atoms with Gasteiger partial charge in [-0.2, -0.15) is 0 Å². The van der Waals surface area contributed by atoms with Crippen LogP contribution in [0.15, 0.2) is 12.1 Å². The second kappa shape index (κ2) is 3.04. The summed E-state index contributed by atoms with van der Waals surface area (Å²) in [5, 5.41) is 0. The average Bonchev–Trinajstić information content (AvgIpc) is 2.15. The summed E-state index contributed by atoms with van der Waals surface area (Å²) in [4.78, 5) is 11.5. The first-order valence-electron chi connectivity index (χ1n) is 4.25. The molecule has 0 bridgehead atoms. The topological polar surface area (TPSA) is 26.3 Å². The van der Waals surface area contributed by atoms with Crippen LogP contribution < -0.4 is 4.74 Å². The average molecular weight is 198 g/mol. The van der Waals surface area contributed by atoms with Gasteiger partial charge in [0.05, 0.1) is 18.1 Å². The predicted octanol–water partition coefficient (Wildman–Crippen LogP) is 2.18.